The van der Waals surface area contributed by atoms with Gasteiger partial charge in [-0.05, 0) is 36.2 Å². The molecule has 150 valence electrons. The summed E-state index contributed by atoms with van der Waals surface area (Å²) in [5, 5.41) is 11.5. The molecule has 1 aliphatic heterocycles. The molecule has 0 radical (unpaired) electrons. The van der Waals surface area contributed by atoms with Crippen LogP contribution in [0.3, 0.4) is 0 Å². The Morgan fingerprint density at radius 1 is 0.966 bits per heavy atom. The van der Waals surface area contributed by atoms with Crippen molar-refractivity contribution >= 4 is 17.5 Å². The fraction of sp³-hybridized carbons (Fsp3) is 0.318. The van der Waals surface area contributed by atoms with Crippen LogP contribution in [0.5, 0.6) is 5.75 Å². The van der Waals surface area contributed by atoms with Crippen molar-refractivity contribution in [3.05, 3.63) is 66.4 Å². The number of benzene rings is 2. The van der Waals surface area contributed by atoms with E-state index in [0.717, 1.165) is 50.7 Å². The van der Waals surface area contributed by atoms with Gasteiger partial charge in [-0.1, -0.05) is 30.3 Å². The van der Waals surface area contributed by atoms with Crippen LogP contribution in [0.1, 0.15) is 5.56 Å². The number of nitrogens with zero attached hydrogens (tertiary/aromatic N) is 5. The Hall–Kier alpha value is -3.35. The number of ether oxygens (including phenoxy) is 1. The van der Waals surface area contributed by atoms with Gasteiger partial charge in [0, 0.05) is 38.4 Å². The molecule has 0 amide bonds. The molecule has 2 heterocycles. The van der Waals surface area contributed by atoms with Crippen molar-refractivity contribution in [2.24, 2.45) is 0 Å². The molecule has 0 spiro atoms. The molecule has 0 bridgehead atoms. The van der Waals surface area contributed by atoms with Crippen molar-refractivity contribution in [3.63, 3.8) is 0 Å². The number of anilines is 3. The third-order valence-electron chi connectivity index (χ3n) is 5.10. The molecule has 0 unspecified atom stereocenters. The molecule has 1 aromatic heterocycles. The highest BCUT2D eigenvalue weighted by Gasteiger charge is 2.19. The number of nitrogens with one attached hydrogen (secondary N) is 1. The van der Waals surface area contributed by atoms with Crippen LogP contribution in [0, 0.1) is 0 Å². The lowest BCUT2D eigenvalue weighted by Crippen LogP contribution is -2.46. The molecule has 7 heteroatoms. The van der Waals surface area contributed by atoms with E-state index in [9.17, 15) is 0 Å². The molecule has 4 rings (SSSR count). The fourth-order valence-electron chi connectivity index (χ4n) is 3.50. The normalized spacial score (nSPS) is 14.0. The van der Waals surface area contributed by atoms with Gasteiger partial charge in [-0.2, -0.15) is 10.1 Å². The maximum absolute atomic E-state index is 5.27. The molecular weight excluding hydrogens is 364 g/mol. The highest BCUT2D eigenvalue weighted by Crippen LogP contribution is 2.19. The minimum absolute atomic E-state index is 0.566. The Morgan fingerprint density at radius 2 is 1.76 bits per heavy atom. The van der Waals surface area contributed by atoms with Crippen molar-refractivity contribution < 1.29 is 4.74 Å². The van der Waals surface area contributed by atoms with Crippen LogP contribution in [-0.4, -0.2) is 55.0 Å². The van der Waals surface area contributed by atoms with Gasteiger partial charge in [0.1, 0.15) is 5.75 Å². The highest BCUT2D eigenvalue weighted by atomic mass is 16.5. The molecule has 1 N–H and O–H groups in total. The van der Waals surface area contributed by atoms with Gasteiger partial charge < -0.3 is 19.9 Å². The van der Waals surface area contributed by atoms with Crippen LogP contribution in [0.2, 0.25) is 0 Å². The van der Waals surface area contributed by atoms with Gasteiger partial charge in [0.25, 0.3) is 0 Å². The number of para-hydroxylation sites is 1. The maximum atomic E-state index is 5.27. The van der Waals surface area contributed by atoms with E-state index in [4.69, 9.17) is 4.74 Å². The Labute approximate surface area is 171 Å². The topological polar surface area (TPSA) is 66.4 Å². The van der Waals surface area contributed by atoms with E-state index in [1.54, 1.807) is 13.3 Å². The summed E-state index contributed by atoms with van der Waals surface area (Å²) in [6.45, 7) is 4.49. The molecule has 7 nitrogen and oxygen atoms in total. The molecule has 0 saturated carbocycles. The van der Waals surface area contributed by atoms with Gasteiger partial charge in [0.2, 0.25) is 5.95 Å². The van der Waals surface area contributed by atoms with Gasteiger partial charge in [-0.3, -0.25) is 0 Å². The zero-order valence-electron chi connectivity index (χ0n) is 16.7. The summed E-state index contributed by atoms with van der Waals surface area (Å²) in [7, 11) is 1.68. The zero-order chi connectivity index (χ0) is 19.9. The second-order valence-electron chi connectivity index (χ2n) is 6.98. The summed E-state index contributed by atoms with van der Waals surface area (Å²) >= 11 is 0. The molecule has 3 aromatic rings. The first-order valence-corrected chi connectivity index (χ1v) is 9.93. The SMILES string of the molecule is COc1cccc(CCNc2nncc(N3CCN(c4ccccc4)CC3)n2)c1. The molecule has 29 heavy (non-hydrogen) atoms. The Balaban J connectivity index is 1.31. The van der Waals surface area contributed by atoms with E-state index >= 15 is 0 Å². The summed E-state index contributed by atoms with van der Waals surface area (Å²) in [4.78, 5) is 9.32. The van der Waals surface area contributed by atoms with Gasteiger partial charge in [0.15, 0.2) is 5.82 Å². The lowest BCUT2D eigenvalue weighted by atomic mass is 10.1. The van der Waals surface area contributed by atoms with E-state index in [-0.39, 0.29) is 0 Å². The van der Waals surface area contributed by atoms with Crippen LogP contribution in [-0.2, 0) is 6.42 Å². The molecule has 1 aliphatic rings. The molecule has 2 aromatic carbocycles. The number of rotatable bonds is 7. The van der Waals surface area contributed by atoms with Crippen molar-refractivity contribution in [2.45, 2.75) is 6.42 Å². The van der Waals surface area contributed by atoms with Gasteiger partial charge >= 0.3 is 0 Å². The largest absolute Gasteiger partial charge is 0.497 e. The van der Waals surface area contributed by atoms with Crippen molar-refractivity contribution in [2.75, 3.05) is 55.0 Å². The van der Waals surface area contributed by atoms with Crippen LogP contribution >= 0.6 is 0 Å². The smallest absolute Gasteiger partial charge is 0.244 e. The summed E-state index contributed by atoms with van der Waals surface area (Å²) in [5.74, 6) is 2.31. The fourth-order valence-corrected chi connectivity index (χ4v) is 3.50. The Kier molecular flexibility index (Phi) is 6.04. The second kappa shape index (κ2) is 9.23. The number of methoxy groups -OCH3 is 1. The summed E-state index contributed by atoms with van der Waals surface area (Å²) < 4.78 is 5.27. The van der Waals surface area contributed by atoms with Gasteiger partial charge in [-0.25, -0.2) is 0 Å². The Morgan fingerprint density at radius 3 is 2.55 bits per heavy atom. The third-order valence-corrected chi connectivity index (χ3v) is 5.10. The second-order valence-corrected chi connectivity index (χ2v) is 6.98. The minimum atomic E-state index is 0.566. The predicted octanol–water partition coefficient (Wildman–Crippen LogP) is 2.86. The van der Waals surface area contributed by atoms with Crippen LogP contribution in [0.25, 0.3) is 0 Å². The first-order chi connectivity index (χ1) is 14.3. The summed E-state index contributed by atoms with van der Waals surface area (Å²) in [6, 6.07) is 18.6. The standard InChI is InChI=1S/C22H26N6O/c1-29-20-9-5-6-18(16-20)10-11-23-22-25-21(17-24-26-22)28-14-12-27(13-15-28)19-7-3-2-4-8-19/h2-9,16-17H,10-15H2,1H3,(H,23,25,26). The first kappa shape index (κ1) is 19.0. The average Bonchev–Trinajstić information content (AvgIpc) is 2.80. The maximum Gasteiger partial charge on any atom is 0.244 e. The number of hydrogen-bond donors (Lipinski definition) is 1. The number of aromatic nitrogens is 3. The van der Waals surface area contributed by atoms with E-state index in [2.05, 4.69) is 66.7 Å². The number of piperazine rings is 1. The summed E-state index contributed by atoms with van der Waals surface area (Å²) in [5.41, 5.74) is 2.48. The Bertz CT molecular complexity index is 912. The molecule has 1 saturated heterocycles. The molecule has 0 aliphatic carbocycles. The number of hydrogen-bond acceptors (Lipinski definition) is 7. The van der Waals surface area contributed by atoms with E-state index < -0.39 is 0 Å². The lowest BCUT2D eigenvalue weighted by Gasteiger charge is -2.36. The van der Waals surface area contributed by atoms with Gasteiger partial charge in [0.05, 0.1) is 13.3 Å². The monoisotopic (exact) mass is 390 g/mol. The van der Waals surface area contributed by atoms with Crippen LogP contribution in [0.4, 0.5) is 17.5 Å². The highest BCUT2D eigenvalue weighted by molar-refractivity contribution is 5.49. The molecule has 0 atom stereocenters. The zero-order valence-corrected chi connectivity index (χ0v) is 16.7. The van der Waals surface area contributed by atoms with E-state index in [0.29, 0.717) is 5.95 Å². The van der Waals surface area contributed by atoms with Gasteiger partial charge in [-0.15, -0.1) is 5.10 Å². The summed E-state index contributed by atoms with van der Waals surface area (Å²) in [6.07, 6.45) is 2.60. The van der Waals surface area contributed by atoms with Crippen LogP contribution in [0.15, 0.2) is 60.8 Å². The van der Waals surface area contributed by atoms with Crippen molar-refractivity contribution in [3.8, 4) is 5.75 Å². The molecular formula is C22H26N6O. The van der Waals surface area contributed by atoms with E-state index in [1.807, 2.05) is 18.2 Å². The first-order valence-electron chi connectivity index (χ1n) is 9.93. The lowest BCUT2D eigenvalue weighted by molar-refractivity contribution is 0.414. The van der Waals surface area contributed by atoms with E-state index in [1.165, 1.54) is 11.3 Å². The average molecular weight is 390 g/mol. The molecule has 1 fully saturated rings. The predicted molar refractivity (Wildman–Crippen MR) is 116 cm³/mol. The third kappa shape index (κ3) is 4.93. The minimum Gasteiger partial charge on any atom is -0.497 e. The van der Waals surface area contributed by atoms with Crippen molar-refractivity contribution in [1.29, 1.82) is 0 Å². The van der Waals surface area contributed by atoms with Crippen molar-refractivity contribution in [1.82, 2.24) is 15.2 Å². The van der Waals surface area contributed by atoms with Crippen LogP contribution < -0.4 is 19.9 Å². The quantitative estimate of drug-likeness (QED) is 0.665.